The van der Waals surface area contributed by atoms with Gasteiger partial charge in [0.2, 0.25) is 0 Å². The molecule has 0 aromatic heterocycles. The monoisotopic (exact) mass is 237 g/mol. The first-order valence-electron chi connectivity index (χ1n) is 4.44. The minimum absolute atomic E-state index is 0.297. The van der Waals surface area contributed by atoms with Crippen LogP contribution >= 0.6 is 15.9 Å². The predicted octanol–water partition coefficient (Wildman–Crippen LogP) is 2.03. The molecule has 12 heavy (non-hydrogen) atoms. The molecule has 0 rings (SSSR count). The van der Waals surface area contributed by atoms with Crippen molar-refractivity contribution in [3.05, 3.63) is 0 Å². The summed E-state index contributed by atoms with van der Waals surface area (Å²) in [5, 5.41) is 4.45. The van der Waals surface area contributed by atoms with Gasteiger partial charge in [0, 0.05) is 25.0 Å². The Balaban J connectivity index is 3.58. The van der Waals surface area contributed by atoms with Gasteiger partial charge in [-0.2, -0.15) is 0 Å². The van der Waals surface area contributed by atoms with Gasteiger partial charge < -0.3 is 10.1 Å². The van der Waals surface area contributed by atoms with Gasteiger partial charge in [-0.1, -0.05) is 29.8 Å². The van der Waals surface area contributed by atoms with E-state index in [1.807, 2.05) is 0 Å². The van der Waals surface area contributed by atoms with E-state index in [0.29, 0.717) is 18.1 Å². The average molecular weight is 238 g/mol. The van der Waals surface area contributed by atoms with Gasteiger partial charge in [0.25, 0.3) is 0 Å². The number of rotatable bonds is 6. The number of halogens is 1. The quantitative estimate of drug-likeness (QED) is 0.715. The van der Waals surface area contributed by atoms with Gasteiger partial charge in [-0.3, -0.25) is 0 Å². The summed E-state index contributed by atoms with van der Waals surface area (Å²) < 4.78 is 5.15. The molecular weight excluding hydrogens is 218 g/mol. The maximum atomic E-state index is 5.15. The van der Waals surface area contributed by atoms with Gasteiger partial charge in [-0.05, 0) is 12.8 Å². The molecule has 0 aliphatic carbocycles. The van der Waals surface area contributed by atoms with Gasteiger partial charge in [0.05, 0.1) is 6.10 Å². The van der Waals surface area contributed by atoms with Crippen LogP contribution in [-0.4, -0.2) is 31.1 Å². The van der Waals surface area contributed by atoms with E-state index < -0.39 is 0 Å². The summed E-state index contributed by atoms with van der Waals surface area (Å²) in [6.45, 7) is 7.43. The van der Waals surface area contributed by atoms with Crippen LogP contribution in [0.2, 0.25) is 0 Å². The second-order valence-electron chi connectivity index (χ2n) is 3.46. The molecule has 0 aromatic rings. The average Bonchev–Trinajstić information content (AvgIpc) is 2.04. The molecule has 0 saturated carbocycles. The van der Waals surface area contributed by atoms with Crippen LogP contribution in [-0.2, 0) is 4.74 Å². The van der Waals surface area contributed by atoms with Gasteiger partial charge in [0.1, 0.15) is 0 Å². The lowest BCUT2D eigenvalue weighted by Crippen LogP contribution is -2.39. The summed E-state index contributed by atoms with van der Waals surface area (Å²) in [6.07, 6.45) is 0.297. The lowest BCUT2D eigenvalue weighted by molar-refractivity contribution is 0.113. The molecule has 0 saturated heterocycles. The number of ether oxygens (including phenoxy) is 1. The number of hydrogen-bond acceptors (Lipinski definition) is 2. The Bertz CT molecular complexity index is 109. The zero-order valence-electron chi connectivity index (χ0n) is 8.43. The first-order chi connectivity index (χ1) is 5.61. The van der Waals surface area contributed by atoms with E-state index >= 15 is 0 Å². The predicted molar refractivity (Wildman–Crippen MR) is 56.9 cm³/mol. The molecule has 74 valence electrons. The Morgan fingerprint density at radius 3 is 2.25 bits per heavy atom. The van der Waals surface area contributed by atoms with Gasteiger partial charge >= 0.3 is 0 Å². The van der Waals surface area contributed by atoms with Crippen molar-refractivity contribution in [1.29, 1.82) is 0 Å². The summed E-state index contributed by atoms with van der Waals surface area (Å²) in [6, 6.07) is 0.544. The van der Waals surface area contributed by atoms with E-state index in [-0.39, 0.29) is 0 Å². The van der Waals surface area contributed by atoms with Crippen molar-refractivity contribution in [2.75, 3.05) is 19.0 Å². The van der Waals surface area contributed by atoms with Crippen LogP contribution in [0.15, 0.2) is 0 Å². The Hall–Kier alpha value is 0.400. The molecule has 0 aromatic carbocycles. The van der Waals surface area contributed by atoms with Gasteiger partial charge in [-0.15, -0.1) is 0 Å². The largest absolute Gasteiger partial charge is 0.380 e. The zero-order chi connectivity index (χ0) is 9.56. The molecule has 0 spiro atoms. The lowest BCUT2D eigenvalue weighted by atomic mass is 10.1. The summed E-state index contributed by atoms with van der Waals surface area (Å²) in [5.41, 5.74) is 0. The number of alkyl halides is 1. The first-order valence-corrected chi connectivity index (χ1v) is 5.56. The molecule has 0 bridgehead atoms. The van der Waals surface area contributed by atoms with Crippen LogP contribution in [0.25, 0.3) is 0 Å². The first kappa shape index (κ1) is 12.4. The van der Waals surface area contributed by atoms with Crippen LogP contribution in [0.5, 0.6) is 0 Å². The second-order valence-corrected chi connectivity index (χ2v) is 4.11. The van der Waals surface area contributed by atoms with Crippen molar-refractivity contribution in [1.82, 2.24) is 5.32 Å². The molecule has 0 fully saturated rings. The highest BCUT2D eigenvalue weighted by atomic mass is 79.9. The minimum Gasteiger partial charge on any atom is -0.380 e. The maximum Gasteiger partial charge on any atom is 0.0667 e. The second kappa shape index (κ2) is 6.87. The zero-order valence-corrected chi connectivity index (χ0v) is 10.0. The van der Waals surface area contributed by atoms with Gasteiger partial charge in [-0.25, -0.2) is 0 Å². The maximum absolute atomic E-state index is 5.15. The smallest absolute Gasteiger partial charge is 0.0667 e. The summed E-state index contributed by atoms with van der Waals surface area (Å²) in [7, 11) is 1.74. The Morgan fingerprint density at radius 1 is 1.33 bits per heavy atom. The molecule has 2 nitrogen and oxygen atoms in total. The molecule has 0 amide bonds. The summed E-state index contributed by atoms with van der Waals surface area (Å²) in [4.78, 5) is 0. The third-order valence-electron chi connectivity index (χ3n) is 2.04. The van der Waals surface area contributed by atoms with E-state index in [1.54, 1.807) is 7.11 Å². The number of methoxy groups -OCH3 is 1. The fourth-order valence-electron chi connectivity index (χ4n) is 0.869. The van der Waals surface area contributed by atoms with E-state index in [4.69, 9.17) is 4.74 Å². The highest BCUT2D eigenvalue weighted by molar-refractivity contribution is 9.09. The molecule has 0 heterocycles. The molecule has 1 N–H and O–H groups in total. The molecule has 0 aliphatic rings. The highest BCUT2D eigenvalue weighted by Crippen LogP contribution is 2.04. The Labute approximate surface area is 84.2 Å². The standard InChI is InChI=1S/C9H20BrNO/c1-7(2)9(5-10)11-6-8(3)12-4/h7-9,11H,5-6H2,1-4H3. The van der Waals surface area contributed by atoms with Crippen LogP contribution in [0.4, 0.5) is 0 Å². The van der Waals surface area contributed by atoms with Crippen LogP contribution in [0, 0.1) is 5.92 Å². The fourth-order valence-corrected chi connectivity index (χ4v) is 1.85. The molecule has 3 heteroatoms. The van der Waals surface area contributed by atoms with Crippen LogP contribution in [0.3, 0.4) is 0 Å². The van der Waals surface area contributed by atoms with Gasteiger partial charge in [0.15, 0.2) is 0 Å². The number of nitrogens with one attached hydrogen (secondary N) is 1. The van der Waals surface area contributed by atoms with Crippen molar-refractivity contribution >= 4 is 15.9 Å². The summed E-state index contributed by atoms with van der Waals surface area (Å²) in [5.74, 6) is 0.661. The van der Waals surface area contributed by atoms with Crippen molar-refractivity contribution < 1.29 is 4.74 Å². The van der Waals surface area contributed by atoms with Crippen molar-refractivity contribution in [3.63, 3.8) is 0 Å². The minimum atomic E-state index is 0.297. The normalized spacial score (nSPS) is 16.5. The van der Waals surface area contributed by atoms with Crippen molar-refractivity contribution in [2.45, 2.75) is 32.9 Å². The number of hydrogen-bond donors (Lipinski definition) is 1. The molecule has 0 aliphatic heterocycles. The van der Waals surface area contributed by atoms with E-state index in [1.165, 1.54) is 0 Å². The molecule has 2 unspecified atom stereocenters. The SMILES string of the molecule is COC(C)CNC(CBr)C(C)C. The third kappa shape index (κ3) is 5.12. The van der Waals surface area contributed by atoms with Crippen molar-refractivity contribution in [3.8, 4) is 0 Å². The third-order valence-corrected chi connectivity index (χ3v) is 2.74. The Morgan fingerprint density at radius 2 is 1.92 bits per heavy atom. The molecular formula is C9H20BrNO. The van der Waals surface area contributed by atoms with E-state index in [2.05, 4.69) is 42.0 Å². The fraction of sp³-hybridized carbons (Fsp3) is 1.00. The highest BCUT2D eigenvalue weighted by Gasteiger charge is 2.11. The summed E-state index contributed by atoms with van der Waals surface area (Å²) >= 11 is 3.49. The topological polar surface area (TPSA) is 21.3 Å². The van der Waals surface area contributed by atoms with Crippen LogP contribution in [0.1, 0.15) is 20.8 Å². The van der Waals surface area contributed by atoms with Crippen LogP contribution < -0.4 is 5.32 Å². The van der Waals surface area contributed by atoms with Crippen molar-refractivity contribution in [2.24, 2.45) is 5.92 Å². The molecule has 0 radical (unpaired) electrons. The Kier molecular flexibility index (Phi) is 7.10. The van der Waals surface area contributed by atoms with E-state index in [0.717, 1.165) is 11.9 Å². The lowest BCUT2D eigenvalue weighted by Gasteiger charge is -2.21. The molecule has 2 atom stereocenters. The van der Waals surface area contributed by atoms with E-state index in [9.17, 15) is 0 Å².